The van der Waals surface area contributed by atoms with Gasteiger partial charge in [0.05, 0.1) is 23.2 Å². The summed E-state index contributed by atoms with van der Waals surface area (Å²) in [4.78, 5) is 23.8. The Morgan fingerprint density at radius 2 is 1.97 bits per heavy atom. The summed E-state index contributed by atoms with van der Waals surface area (Å²) in [6, 6.07) is 15.7. The van der Waals surface area contributed by atoms with Gasteiger partial charge in [-0.25, -0.2) is 9.97 Å². The third-order valence-corrected chi connectivity index (χ3v) is 5.28. The van der Waals surface area contributed by atoms with Crippen molar-refractivity contribution >= 4 is 28.3 Å². The third kappa shape index (κ3) is 4.14. The van der Waals surface area contributed by atoms with Gasteiger partial charge in [0.2, 0.25) is 5.91 Å². The van der Waals surface area contributed by atoms with E-state index in [0.717, 1.165) is 33.9 Å². The van der Waals surface area contributed by atoms with Crippen molar-refractivity contribution in [2.45, 2.75) is 20.0 Å². The number of rotatable bonds is 7. The lowest BCUT2D eigenvalue weighted by atomic mass is 10.2. The van der Waals surface area contributed by atoms with Crippen LogP contribution in [0.3, 0.4) is 0 Å². The van der Waals surface area contributed by atoms with Crippen molar-refractivity contribution in [3.8, 4) is 17.3 Å². The summed E-state index contributed by atoms with van der Waals surface area (Å²) in [6.45, 7) is 3.34. The van der Waals surface area contributed by atoms with E-state index in [1.54, 1.807) is 10.4 Å². The van der Waals surface area contributed by atoms with Crippen LogP contribution in [0, 0.1) is 0 Å². The van der Waals surface area contributed by atoms with Crippen LogP contribution in [0.5, 0.6) is 5.75 Å². The predicted octanol–water partition coefficient (Wildman–Crippen LogP) is 4.22. The van der Waals surface area contributed by atoms with Crippen LogP contribution in [0.25, 0.3) is 22.6 Å². The molecule has 0 saturated heterocycles. The van der Waals surface area contributed by atoms with E-state index in [4.69, 9.17) is 9.72 Å². The Balaban J connectivity index is 1.54. The minimum Gasteiger partial charge on any atom is -0.494 e. The van der Waals surface area contributed by atoms with Gasteiger partial charge in [0.15, 0.2) is 5.82 Å². The molecular formula is C22H22N4O2S. The Labute approximate surface area is 173 Å². The minimum absolute atomic E-state index is 0.0125. The fraction of sp³-hybridized carbons (Fsp3) is 0.227. The maximum Gasteiger partial charge on any atom is 0.242 e. The molecule has 0 aliphatic carbocycles. The van der Waals surface area contributed by atoms with Gasteiger partial charge < -0.3 is 14.2 Å². The molecule has 29 heavy (non-hydrogen) atoms. The van der Waals surface area contributed by atoms with E-state index >= 15 is 0 Å². The molecular weight excluding hydrogens is 384 g/mol. The third-order valence-electron chi connectivity index (χ3n) is 4.69. The molecule has 0 saturated carbocycles. The fourth-order valence-corrected chi connectivity index (χ4v) is 3.76. The quantitative estimate of drug-likeness (QED) is 0.461. The zero-order valence-corrected chi connectivity index (χ0v) is 17.2. The first kappa shape index (κ1) is 19.1. The second-order valence-corrected chi connectivity index (χ2v) is 7.43. The maximum absolute atomic E-state index is 13.0. The highest BCUT2D eigenvalue weighted by Gasteiger charge is 2.18. The van der Waals surface area contributed by atoms with Crippen molar-refractivity contribution < 1.29 is 9.53 Å². The zero-order valence-electron chi connectivity index (χ0n) is 16.4. The number of para-hydroxylation sites is 2. The number of likely N-dealkylation sites (N-methyl/N-ethyl adjacent to an activating group) is 1. The number of ether oxygens (including phenoxy) is 1. The number of imidazole rings is 1. The summed E-state index contributed by atoms with van der Waals surface area (Å²) in [5, 5.41) is 1.95. The number of fused-ring (bicyclic) bond motifs is 1. The smallest absolute Gasteiger partial charge is 0.242 e. The molecule has 0 aliphatic rings. The van der Waals surface area contributed by atoms with Crippen molar-refractivity contribution in [2.75, 3.05) is 13.7 Å². The number of thiazole rings is 1. The Morgan fingerprint density at radius 1 is 1.17 bits per heavy atom. The lowest BCUT2D eigenvalue weighted by molar-refractivity contribution is -0.130. The molecule has 4 aromatic rings. The number of amides is 1. The van der Waals surface area contributed by atoms with Crippen LogP contribution in [-0.4, -0.2) is 39.0 Å². The van der Waals surface area contributed by atoms with Crippen LogP contribution in [0.2, 0.25) is 0 Å². The highest BCUT2D eigenvalue weighted by Crippen LogP contribution is 2.25. The van der Waals surface area contributed by atoms with Crippen LogP contribution in [0.4, 0.5) is 0 Å². The van der Waals surface area contributed by atoms with Crippen LogP contribution in [0.1, 0.15) is 12.5 Å². The SMILES string of the molecule is CCOc1ccc(CN(C)C(=O)Cn2c(-c3cscn3)nc3ccccc32)cc1. The molecule has 0 unspecified atom stereocenters. The summed E-state index contributed by atoms with van der Waals surface area (Å²) in [5.41, 5.74) is 5.40. The van der Waals surface area contributed by atoms with Gasteiger partial charge in [0.1, 0.15) is 18.0 Å². The molecule has 2 aromatic heterocycles. The van der Waals surface area contributed by atoms with Gasteiger partial charge in [-0.1, -0.05) is 24.3 Å². The van der Waals surface area contributed by atoms with Crippen LogP contribution >= 0.6 is 11.3 Å². The first-order chi connectivity index (χ1) is 14.2. The minimum atomic E-state index is 0.0125. The number of nitrogens with zero attached hydrogens (tertiary/aromatic N) is 4. The van der Waals surface area contributed by atoms with E-state index in [2.05, 4.69) is 4.98 Å². The van der Waals surface area contributed by atoms with E-state index in [1.165, 1.54) is 11.3 Å². The fourth-order valence-electron chi connectivity index (χ4n) is 3.23. The molecule has 0 fully saturated rings. The Hall–Kier alpha value is -3.19. The number of hydrogen-bond donors (Lipinski definition) is 0. The average molecular weight is 407 g/mol. The molecule has 0 aliphatic heterocycles. The molecule has 0 N–H and O–H groups in total. The van der Waals surface area contributed by atoms with Crippen molar-refractivity contribution in [1.82, 2.24) is 19.4 Å². The van der Waals surface area contributed by atoms with Gasteiger partial charge in [-0.2, -0.15) is 0 Å². The number of benzene rings is 2. The normalized spacial score (nSPS) is 11.0. The summed E-state index contributed by atoms with van der Waals surface area (Å²) in [7, 11) is 1.82. The second kappa shape index (κ2) is 8.45. The number of carbonyl (C=O) groups excluding carboxylic acids is 1. The van der Waals surface area contributed by atoms with Gasteiger partial charge in [0.25, 0.3) is 0 Å². The molecule has 1 amide bonds. The van der Waals surface area contributed by atoms with Crippen LogP contribution in [0.15, 0.2) is 59.4 Å². The number of hydrogen-bond acceptors (Lipinski definition) is 5. The monoisotopic (exact) mass is 406 g/mol. The molecule has 0 bridgehead atoms. The van der Waals surface area contributed by atoms with Gasteiger partial charge >= 0.3 is 0 Å². The summed E-state index contributed by atoms with van der Waals surface area (Å²) in [5.74, 6) is 1.57. The van der Waals surface area contributed by atoms with E-state index in [1.807, 2.05) is 72.4 Å². The van der Waals surface area contributed by atoms with Crippen molar-refractivity contribution in [2.24, 2.45) is 0 Å². The maximum atomic E-state index is 13.0. The zero-order chi connectivity index (χ0) is 20.2. The van der Waals surface area contributed by atoms with Gasteiger partial charge in [-0.15, -0.1) is 11.3 Å². The highest BCUT2D eigenvalue weighted by atomic mass is 32.1. The molecule has 0 spiro atoms. The van der Waals surface area contributed by atoms with Crippen LogP contribution < -0.4 is 4.74 Å². The van der Waals surface area contributed by atoms with E-state index in [9.17, 15) is 4.79 Å². The molecule has 6 nitrogen and oxygen atoms in total. The van der Waals surface area contributed by atoms with E-state index in [-0.39, 0.29) is 12.5 Å². The largest absolute Gasteiger partial charge is 0.494 e. The van der Waals surface area contributed by atoms with Crippen molar-refractivity contribution in [3.63, 3.8) is 0 Å². The first-order valence-corrected chi connectivity index (χ1v) is 10.4. The van der Waals surface area contributed by atoms with Gasteiger partial charge in [-0.3, -0.25) is 4.79 Å². The molecule has 2 aromatic carbocycles. The lowest BCUT2D eigenvalue weighted by Gasteiger charge is -2.19. The van der Waals surface area contributed by atoms with E-state index < -0.39 is 0 Å². The van der Waals surface area contributed by atoms with Gasteiger partial charge in [0, 0.05) is 19.0 Å². The Morgan fingerprint density at radius 3 is 2.69 bits per heavy atom. The molecule has 7 heteroatoms. The Kier molecular flexibility index (Phi) is 5.57. The molecule has 148 valence electrons. The second-order valence-electron chi connectivity index (χ2n) is 6.71. The summed E-state index contributed by atoms with van der Waals surface area (Å²) < 4.78 is 7.42. The Bertz CT molecular complexity index is 1100. The molecule has 0 radical (unpaired) electrons. The summed E-state index contributed by atoms with van der Waals surface area (Å²) >= 11 is 1.51. The predicted molar refractivity (Wildman–Crippen MR) is 115 cm³/mol. The molecule has 2 heterocycles. The number of carbonyl (C=O) groups is 1. The standard InChI is InChI=1S/C22H22N4O2S/c1-3-28-17-10-8-16(9-11-17)12-25(2)21(27)13-26-20-7-5-4-6-18(20)24-22(26)19-14-29-15-23-19/h4-11,14-15H,3,12-13H2,1-2H3. The van der Waals surface area contributed by atoms with Crippen LogP contribution in [-0.2, 0) is 17.9 Å². The lowest BCUT2D eigenvalue weighted by Crippen LogP contribution is -2.30. The van der Waals surface area contributed by atoms with E-state index in [0.29, 0.717) is 13.2 Å². The van der Waals surface area contributed by atoms with Crippen molar-refractivity contribution in [1.29, 1.82) is 0 Å². The summed E-state index contributed by atoms with van der Waals surface area (Å²) in [6.07, 6.45) is 0. The highest BCUT2D eigenvalue weighted by molar-refractivity contribution is 7.07. The molecule has 0 atom stereocenters. The number of aromatic nitrogens is 3. The topological polar surface area (TPSA) is 60.2 Å². The van der Waals surface area contributed by atoms with Gasteiger partial charge in [-0.05, 0) is 36.8 Å². The first-order valence-electron chi connectivity index (χ1n) is 9.45. The average Bonchev–Trinajstić information content (AvgIpc) is 3.38. The van der Waals surface area contributed by atoms with Crippen molar-refractivity contribution in [3.05, 3.63) is 65.0 Å². The molecule has 4 rings (SSSR count).